The van der Waals surface area contributed by atoms with Gasteiger partial charge < -0.3 is 20.4 Å². The first-order valence-corrected chi connectivity index (χ1v) is 3.68. The minimum atomic E-state index is -0.264. The lowest BCUT2D eigenvalue weighted by atomic mass is 10.4. The van der Waals surface area contributed by atoms with Gasteiger partial charge in [0.1, 0.15) is 12.3 Å². The number of amides is 4. The smallest absolute Gasteiger partial charge is 0.314 e. The first kappa shape index (κ1) is 7.20. The van der Waals surface area contributed by atoms with Crippen LogP contribution in [0.25, 0.3) is 0 Å². The van der Waals surface area contributed by atoms with Gasteiger partial charge in [0.15, 0.2) is 0 Å². The zero-order valence-electron chi connectivity index (χ0n) is 6.87. The second-order valence-corrected chi connectivity index (χ2v) is 3.01. The van der Waals surface area contributed by atoms with Crippen molar-refractivity contribution < 1.29 is 9.59 Å². The Labute approximate surface area is 69.5 Å². The molecule has 12 heavy (non-hydrogen) atoms. The number of rotatable bonds is 0. The highest BCUT2D eigenvalue weighted by molar-refractivity contribution is 5.84. The maximum atomic E-state index is 11.1. The molecule has 0 aromatic heterocycles. The van der Waals surface area contributed by atoms with E-state index in [1.165, 1.54) is 9.80 Å². The number of hydrogen-bond acceptors (Lipinski definition) is 2. The van der Waals surface area contributed by atoms with Crippen LogP contribution < -0.4 is 10.6 Å². The molecule has 2 aliphatic rings. The molecule has 0 aromatic carbocycles. The van der Waals surface area contributed by atoms with E-state index in [-0.39, 0.29) is 24.4 Å². The van der Waals surface area contributed by atoms with Crippen LogP contribution in [0.2, 0.25) is 0 Å². The quantitative estimate of drug-likeness (QED) is 0.487. The van der Waals surface area contributed by atoms with Gasteiger partial charge in [0.25, 0.3) is 0 Å². The zero-order valence-corrected chi connectivity index (χ0v) is 6.87. The molecule has 2 fully saturated rings. The molecule has 2 saturated heterocycles. The number of likely N-dealkylation sites (N-methyl/N-ethyl adjacent to an activating group) is 2. The summed E-state index contributed by atoms with van der Waals surface area (Å²) < 4.78 is 0. The Kier molecular flexibility index (Phi) is 1.22. The molecule has 0 atom stereocenters. The van der Waals surface area contributed by atoms with Crippen molar-refractivity contribution in [3.05, 3.63) is 0 Å². The van der Waals surface area contributed by atoms with E-state index in [0.29, 0.717) is 0 Å². The van der Waals surface area contributed by atoms with Crippen LogP contribution in [0.15, 0.2) is 0 Å². The van der Waals surface area contributed by atoms with Gasteiger partial charge >= 0.3 is 12.1 Å². The van der Waals surface area contributed by atoms with Crippen molar-refractivity contribution in [2.75, 3.05) is 14.1 Å². The summed E-state index contributed by atoms with van der Waals surface area (Å²) in [7, 11) is 3.33. The van der Waals surface area contributed by atoms with E-state index in [0.717, 1.165) is 0 Å². The van der Waals surface area contributed by atoms with Gasteiger partial charge in [-0.2, -0.15) is 0 Å². The topological polar surface area (TPSA) is 64.7 Å². The van der Waals surface area contributed by atoms with E-state index in [2.05, 4.69) is 10.6 Å². The van der Waals surface area contributed by atoms with Crippen molar-refractivity contribution in [2.24, 2.45) is 0 Å². The van der Waals surface area contributed by atoms with Gasteiger partial charge in [0, 0.05) is 14.1 Å². The Morgan fingerprint density at radius 1 is 1.08 bits per heavy atom. The number of hydrogen-bond donors (Lipinski definition) is 2. The van der Waals surface area contributed by atoms with E-state index >= 15 is 0 Å². The summed E-state index contributed by atoms with van der Waals surface area (Å²) >= 11 is 0. The number of fused-ring (bicyclic) bond motifs is 1. The van der Waals surface area contributed by atoms with Gasteiger partial charge in [-0.1, -0.05) is 0 Å². The highest BCUT2D eigenvalue weighted by Gasteiger charge is 2.47. The predicted molar refractivity (Wildman–Crippen MR) is 40.2 cm³/mol. The van der Waals surface area contributed by atoms with E-state index < -0.39 is 0 Å². The van der Waals surface area contributed by atoms with Crippen LogP contribution >= 0.6 is 0 Å². The van der Waals surface area contributed by atoms with Crippen molar-refractivity contribution >= 4 is 12.1 Å². The standard InChI is InChI=1S/C6H10N4O2/c1-9-4-3(7-5(9)11)8-6(12)10(4)2/h3-4H,1-2H3,(H,7,11)(H,8,12)/t3-,4+. The summed E-state index contributed by atoms with van der Waals surface area (Å²) in [6, 6.07) is -0.311. The number of carbonyl (C=O) groups is 2. The average Bonchev–Trinajstić information content (AvgIpc) is 2.40. The Morgan fingerprint density at radius 3 is 1.83 bits per heavy atom. The van der Waals surface area contributed by atoms with Crippen LogP contribution in [0.3, 0.4) is 0 Å². The van der Waals surface area contributed by atoms with Crippen LogP contribution in [0.5, 0.6) is 0 Å². The van der Waals surface area contributed by atoms with Crippen LogP contribution in [0, 0.1) is 0 Å². The molecule has 6 nitrogen and oxygen atoms in total. The normalized spacial score (nSPS) is 33.5. The van der Waals surface area contributed by atoms with E-state index in [1.54, 1.807) is 14.1 Å². The van der Waals surface area contributed by atoms with Crippen molar-refractivity contribution in [1.29, 1.82) is 0 Å². The fourth-order valence-corrected chi connectivity index (χ4v) is 1.60. The SMILES string of the molecule is CN1C(=O)N[C@H]2NC(=O)N(C)[C@H]21. The summed E-state index contributed by atoms with van der Waals surface area (Å²) in [5.74, 6) is 0. The molecule has 0 unspecified atom stereocenters. The summed E-state index contributed by atoms with van der Waals surface area (Å²) in [6.45, 7) is 0. The Morgan fingerprint density at radius 2 is 1.50 bits per heavy atom. The molecule has 4 amide bonds. The fraction of sp³-hybridized carbons (Fsp3) is 0.667. The maximum absolute atomic E-state index is 11.1. The van der Waals surface area contributed by atoms with Gasteiger partial charge in [0.05, 0.1) is 0 Å². The lowest BCUT2D eigenvalue weighted by molar-refractivity contribution is 0.162. The minimum Gasteiger partial charge on any atom is -0.314 e. The van der Waals surface area contributed by atoms with E-state index in [4.69, 9.17) is 0 Å². The Bertz CT molecular complexity index is 230. The lowest BCUT2D eigenvalue weighted by Gasteiger charge is -2.22. The van der Waals surface area contributed by atoms with Gasteiger partial charge in [-0.25, -0.2) is 9.59 Å². The molecule has 0 radical (unpaired) electrons. The van der Waals surface area contributed by atoms with E-state index in [1.807, 2.05) is 0 Å². The van der Waals surface area contributed by atoms with E-state index in [9.17, 15) is 9.59 Å². The van der Waals surface area contributed by atoms with Crippen molar-refractivity contribution in [1.82, 2.24) is 20.4 Å². The monoisotopic (exact) mass is 170 g/mol. The van der Waals surface area contributed by atoms with Crippen LogP contribution in [-0.2, 0) is 0 Å². The summed E-state index contributed by atoms with van der Waals surface area (Å²) in [5.41, 5.74) is 0. The Balaban J connectivity index is 2.26. The van der Waals surface area contributed by atoms with Gasteiger partial charge in [-0.15, -0.1) is 0 Å². The van der Waals surface area contributed by atoms with Crippen LogP contribution in [0.1, 0.15) is 0 Å². The molecule has 0 bridgehead atoms. The van der Waals surface area contributed by atoms with Crippen molar-refractivity contribution in [3.63, 3.8) is 0 Å². The van der Waals surface area contributed by atoms with Crippen LogP contribution in [0.4, 0.5) is 9.59 Å². The number of urea groups is 2. The molecule has 2 aliphatic heterocycles. The van der Waals surface area contributed by atoms with Crippen molar-refractivity contribution in [2.45, 2.75) is 12.3 Å². The predicted octanol–water partition coefficient (Wildman–Crippen LogP) is -1.05. The third-order valence-corrected chi connectivity index (χ3v) is 2.29. The fourth-order valence-electron chi connectivity index (χ4n) is 1.60. The summed E-state index contributed by atoms with van der Waals surface area (Å²) in [6.07, 6.45) is -0.454. The molecule has 0 aromatic rings. The largest absolute Gasteiger partial charge is 0.320 e. The average molecular weight is 170 g/mol. The molecule has 2 heterocycles. The molecule has 2 rings (SSSR count). The summed E-state index contributed by atoms with van der Waals surface area (Å²) in [5, 5.41) is 5.28. The maximum Gasteiger partial charge on any atom is 0.320 e. The molecule has 0 spiro atoms. The number of nitrogens with zero attached hydrogens (tertiary/aromatic N) is 2. The molecular formula is C6H10N4O2. The first-order chi connectivity index (χ1) is 5.61. The second-order valence-electron chi connectivity index (χ2n) is 3.01. The minimum absolute atomic E-state index is 0.156. The molecule has 2 N–H and O–H groups in total. The first-order valence-electron chi connectivity index (χ1n) is 3.68. The molecule has 6 heteroatoms. The molecular weight excluding hydrogens is 160 g/mol. The second kappa shape index (κ2) is 2.02. The Hall–Kier alpha value is -1.46. The highest BCUT2D eigenvalue weighted by atomic mass is 16.2. The van der Waals surface area contributed by atoms with Gasteiger partial charge in [-0.05, 0) is 0 Å². The molecule has 0 aliphatic carbocycles. The summed E-state index contributed by atoms with van der Waals surface area (Å²) in [4.78, 5) is 25.2. The number of carbonyl (C=O) groups excluding carboxylic acids is 2. The molecule has 66 valence electrons. The number of nitrogens with one attached hydrogen (secondary N) is 2. The van der Waals surface area contributed by atoms with Gasteiger partial charge in [0.2, 0.25) is 0 Å². The van der Waals surface area contributed by atoms with Gasteiger partial charge in [-0.3, -0.25) is 0 Å². The van der Waals surface area contributed by atoms with Crippen LogP contribution in [-0.4, -0.2) is 48.3 Å². The third-order valence-electron chi connectivity index (χ3n) is 2.29. The lowest BCUT2D eigenvalue weighted by Crippen LogP contribution is -2.42. The van der Waals surface area contributed by atoms with Crippen molar-refractivity contribution in [3.8, 4) is 0 Å². The zero-order chi connectivity index (χ0) is 8.88. The third kappa shape index (κ3) is 0.689. The molecule has 0 saturated carbocycles. The highest BCUT2D eigenvalue weighted by Crippen LogP contribution is 2.18.